The number of nitrogens with zero attached hydrogens (tertiary/aromatic N) is 4. The van der Waals surface area contributed by atoms with E-state index >= 15 is 0 Å². The smallest absolute Gasteiger partial charge is 0.274 e. The van der Waals surface area contributed by atoms with Gasteiger partial charge in [0.15, 0.2) is 0 Å². The normalized spacial score (nSPS) is 17.1. The van der Waals surface area contributed by atoms with E-state index in [1.54, 1.807) is 30.2 Å². The quantitative estimate of drug-likeness (QED) is 0.921. The molecule has 0 unspecified atom stereocenters. The molecule has 0 saturated carbocycles. The van der Waals surface area contributed by atoms with Gasteiger partial charge in [-0.15, -0.1) is 0 Å². The SMILES string of the molecule is CC(=O)NCc1cc([C@@H]2CCCN2C(=O)c2ccn(C)n2)ccn1. The molecule has 3 rings (SSSR count). The van der Waals surface area contributed by atoms with Gasteiger partial charge in [0, 0.05) is 32.9 Å². The van der Waals surface area contributed by atoms with Crippen LogP contribution in [0.2, 0.25) is 0 Å². The summed E-state index contributed by atoms with van der Waals surface area (Å²) in [6, 6.07) is 5.67. The molecule has 0 bridgehead atoms. The zero-order chi connectivity index (χ0) is 17.1. The summed E-state index contributed by atoms with van der Waals surface area (Å²) in [4.78, 5) is 29.9. The van der Waals surface area contributed by atoms with Gasteiger partial charge in [-0.2, -0.15) is 5.10 Å². The molecule has 7 nitrogen and oxygen atoms in total. The molecule has 24 heavy (non-hydrogen) atoms. The number of carbonyl (C=O) groups excluding carboxylic acids is 2. The fourth-order valence-electron chi connectivity index (χ4n) is 3.05. The van der Waals surface area contributed by atoms with Crippen molar-refractivity contribution in [2.45, 2.75) is 32.4 Å². The second-order valence-corrected chi connectivity index (χ2v) is 6.02. The van der Waals surface area contributed by atoms with Crippen LogP contribution in [0.5, 0.6) is 0 Å². The topological polar surface area (TPSA) is 80.1 Å². The fraction of sp³-hybridized carbons (Fsp3) is 0.412. The average Bonchev–Trinajstić information content (AvgIpc) is 3.21. The second kappa shape index (κ2) is 6.82. The summed E-state index contributed by atoms with van der Waals surface area (Å²) in [5.74, 6) is -0.131. The third-order valence-corrected chi connectivity index (χ3v) is 4.19. The van der Waals surface area contributed by atoms with E-state index in [2.05, 4.69) is 15.4 Å². The Balaban J connectivity index is 1.79. The first-order chi connectivity index (χ1) is 11.5. The Morgan fingerprint density at radius 3 is 2.92 bits per heavy atom. The molecule has 1 aliphatic heterocycles. The van der Waals surface area contributed by atoms with Crippen LogP contribution >= 0.6 is 0 Å². The average molecular weight is 327 g/mol. The molecule has 2 aromatic heterocycles. The molecule has 1 aliphatic rings. The van der Waals surface area contributed by atoms with Gasteiger partial charge in [-0.05, 0) is 36.6 Å². The molecule has 0 aliphatic carbocycles. The van der Waals surface area contributed by atoms with E-state index in [9.17, 15) is 9.59 Å². The Morgan fingerprint density at radius 1 is 1.38 bits per heavy atom. The molecule has 0 radical (unpaired) electrons. The van der Waals surface area contributed by atoms with Crippen LogP contribution in [0.1, 0.15) is 47.6 Å². The monoisotopic (exact) mass is 327 g/mol. The standard InChI is InChI=1S/C17H21N5O2/c1-12(23)19-11-14-10-13(5-7-18-14)16-4-3-8-22(16)17(24)15-6-9-21(2)20-15/h5-7,9-10,16H,3-4,8,11H2,1-2H3,(H,19,23)/t16-/m0/s1. The zero-order valence-electron chi connectivity index (χ0n) is 13.9. The lowest BCUT2D eigenvalue weighted by molar-refractivity contribution is -0.119. The number of carbonyl (C=O) groups is 2. The highest BCUT2D eigenvalue weighted by Gasteiger charge is 2.31. The highest BCUT2D eigenvalue weighted by Crippen LogP contribution is 2.33. The van der Waals surface area contributed by atoms with Crippen molar-refractivity contribution in [3.8, 4) is 0 Å². The van der Waals surface area contributed by atoms with E-state index in [0.29, 0.717) is 12.2 Å². The van der Waals surface area contributed by atoms with Gasteiger partial charge < -0.3 is 10.2 Å². The summed E-state index contributed by atoms with van der Waals surface area (Å²) in [6.45, 7) is 2.60. The molecule has 2 aromatic rings. The molecule has 7 heteroatoms. The number of aryl methyl sites for hydroxylation is 1. The van der Waals surface area contributed by atoms with Gasteiger partial charge in [-0.25, -0.2) is 0 Å². The second-order valence-electron chi connectivity index (χ2n) is 6.02. The van der Waals surface area contributed by atoms with Gasteiger partial charge in [-0.1, -0.05) is 0 Å². The van der Waals surface area contributed by atoms with Gasteiger partial charge in [-0.3, -0.25) is 19.3 Å². The molecule has 126 valence electrons. The van der Waals surface area contributed by atoms with Crippen LogP contribution in [-0.2, 0) is 18.4 Å². The van der Waals surface area contributed by atoms with E-state index in [1.807, 2.05) is 17.0 Å². The maximum Gasteiger partial charge on any atom is 0.274 e. The van der Waals surface area contributed by atoms with E-state index in [1.165, 1.54) is 6.92 Å². The molecule has 2 amide bonds. The molecule has 1 atom stereocenters. The molecular weight excluding hydrogens is 306 g/mol. The minimum absolute atomic E-state index is 0.0265. The largest absolute Gasteiger partial charge is 0.351 e. The molecule has 1 fully saturated rings. The van der Waals surface area contributed by atoms with Gasteiger partial charge in [0.05, 0.1) is 18.3 Å². The van der Waals surface area contributed by atoms with E-state index in [4.69, 9.17) is 0 Å². The summed E-state index contributed by atoms with van der Waals surface area (Å²) in [7, 11) is 1.80. The first-order valence-corrected chi connectivity index (χ1v) is 8.04. The van der Waals surface area contributed by atoms with E-state index in [-0.39, 0.29) is 17.9 Å². The Bertz CT molecular complexity index is 755. The van der Waals surface area contributed by atoms with Crippen molar-refractivity contribution < 1.29 is 9.59 Å². The lowest BCUT2D eigenvalue weighted by Crippen LogP contribution is -2.31. The predicted molar refractivity (Wildman–Crippen MR) is 88.0 cm³/mol. The number of hydrogen-bond acceptors (Lipinski definition) is 4. The lowest BCUT2D eigenvalue weighted by Gasteiger charge is -2.24. The third kappa shape index (κ3) is 3.45. The van der Waals surface area contributed by atoms with Crippen LogP contribution in [0.3, 0.4) is 0 Å². The van der Waals surface area contributed by atoms with Crippen molar-refractivity contribution in [1.29, 1.82) is 0 Å². The zero-order valence-corrected chi connectivity index (χ0v) is 13.9. The number of amides is 2. The summed E-state index contributed by atoms with van der Waals surface area (Å²) in [5.41, 5.74) is 2.31. The number of hydrogen-bond donors (Lipinski definition) is 1. The minimum Gasteiger partial charge on any atom is -0.351 e. The van der Waals surface area contributed by atoms with Crippen LogP contribution in [0.15, 0.2) is 30.6 Å². The number of likely N-dealkylation sites (tertiary alicyclic amines) is 1. The Morgan fingerprint density at radius 2 is 2.21 bits per heavy atom. The number of nitrogens with one attached hydrogen (secondary N) is 1. The lowest BCUT2D eigenvalue weighted by atomic mass is 10.0. The minimum atomic E-state index is -0.0879. The van der Waals surface area contributed by atoms with Crippen molar-refractivity contribution in [3.05, 3.63) is 47.5 Å². The van der Waals surface area contributed by atoms with Crippen LogP contribution < -0.4 is 5.32 Å². The van der Waals surface area contributed by atoms with Gasteiger partial charge in [0.25, 0.3) is 5.91 Å². The first-order valence-electron chi connectivity index (χ1n) is 8.04. The molecule has 1 N–H and O–H groups in total. The van der Waals surface area contributed by atoms with Crippen LogP contribution in [0.4, 0.5) is 0 Å². The molecule has 1 saturated heterocycles. The Kier molecular flexibility index (Phi) is 4.59. The van der Waals surface area contributed by atoms with Crippen molar-refractivity contribution in [2.75, 3.05) is 6.54 Å². The maximum absolute atomic E-state index is 12.7. The first kappa shape index (κ1) is 16.2. The Labute approximate surface area is 140 Å². The van der Waals surface area contributed by atoms with E-state index < -0.39 is 0 Å². The van der Waals surface area contributed by atoms with Gasteiger partial charge in [0.2, 0.25) is 5.91 Å². The summed E-state index contributed by atoms with van der Waals surface area (Å²) < 4.78 is 1.64. The van der Waals surface area contributed by atoms with Gasteiger partial charge in [0.1, 0.15) is 5.69 Å². The van der Waals surface area contributed by atoms with Crippen molar-refractivity contribution in [3.63, 3.8) is 0 Å². The van der Waals surface area contributed by atoms with Crippen LogP contribution in [0.25, 0.3) is 0 Å². The summed E-state index contributed by atoms with van der Waals surface area (Å²) in [5, 5.41) is 6.96. The van der Waals surface area contributed by atoms with Crippen LogP contribution in [0, 0.1) is 0 Å². The Hall–Kier alpha value is -2.70. The maximum atomic E-state index is 12.7. The fourth-order valence-corrected chi connectivity index (χ4v) is 3.05. The van der Waals surface area contributed by atoms with E-state index in [0.717, 1.165) is 30.6 Å². The summed E-state index contributed by atoms with van der Waals surface area (Å²) in [6.07, 6.45) is 5.39. The highest BCUT2D eigenvalue weighted by molar-refractivity contribution is 5.92. The number of aromatic nitrogens is 3. The number of pyridine rings is 1. The number of rotatable bonds is 4. The van der Waals surface area contributed by atoms with Crippen molar-refractivity contribution in [1.82, 2.24) is 25.0 Å². The highest BCUT2D eigenvalue weighted by atomic mass is 16.2. The molecular formula is C17H21N5O2. The van der Waals surface area contributed by atoms with Crippen LogP contribution in [-0.4, -0.2) is 38.0 Å². The van der Waals surface area contributed by atoms with Crippen molar-refractivity contribution >= 4 is 11.8 Å². The predicted octanol–water partition coefficient (Wildman–Crippen LogP) is 1.43. The summed E-state index contributed by atoms with van der Waals surface area (Å²) >= 11 is 0. The molecule has 3 heterocycles. The third-order valence-electron chi connectivity index (χ3n) is 4.19. The molecule has 0 spiro atoms. The van der Waals surface area contributed by atoms with Crippen molar-refractivity contribution in [2.24, 2.45) is 7.05 Å². The molecule has 0 aromatic carbocycles. The van der Waals surface area contributed by atoms with Gasteiger partial charge >= 0.3 is 0 Å².